The zero-order valence-electron chi connectivity index (χ0n) is 10.4. The molecule has 0 unspecified atom stereocenters. The van der Waals surface area contributed by atoms with Gasteiger partial charge in [-0.1, -0.05) is 42.5 Å². The number of ketones is 1. The van der Waals surface area contributed by atoms with Crippen molar-refractivity contribution >= 4 is 5.78 Å². The Morgan fingerprint density at radius 1 is 0.824 bits per heavy atom. The molecule has 0 saturated carbocycles. The lowest BCUT2D eigenvalue weighted by atomic mass is 9.93. The average Bonchev–Trinajstić information content (AvgIpc) is 2.36. The molecule has 0 bridgehead atoms. The topological polar surface area (TPSA) is 17.1 Å². The molecule has 0 heterocycles. The smallest absolute Gasteiger partial charge is 0.193 e. The Labute approximate surface area is 102 Å². The summed E-state index contributed by atoms with van der Waals surface area (Å²) in [4.78, 5) is 12.3. The molecular weight excluding hydrogens is 208 g/mol. The molecule has 1 heteroatoms. The highest BCUT2D eigenvalue weighted by atomic mass is 16.1. The van der Waals surface area contributed by atoms with Crippen LogP contribution in [-0.4, -0.2) is 5.78 Å². The van der Waals surface area contributed by atoms with Gasteiger partial charge in [-0.15, -0.1) is 0 Å². The zero-order chi connectivity index (χ0) is 12.4. The maximum atomic E-state index is 12.3. The first-order valence-electron chi connectivity index (χ1n) is 5.78. The molecule has 0 fully saturated rings. The van der Waals surface area contributed by atoms with E-state index >= 15 is 0 Å². The highest BCUT2D eigenvalue weighted by Crippen LogP contribution is 2.20. The summed E-state index contributed by atoms with van der Waals surface area (Å²) >= 11 is 0. The Kier molecular flexibility index (Phi) is 3.10. The molecule has 0 radical (unpaired) electrons. The van der Waals surface area contributed by atoms with Gasteiger partial charge in [0, 0.05) is 11.1 Å². The summed E-state index contributed by atoms with van der Waals surface area (Å²) in [7, 11) is 0. The molecule has 0 amide bonds. The molecule has 17 heavy (non-hydrogen) atoms. The number of benzene rings is 2. The second-order valence-corrected chi connectivity index (χ2v) is 4.38. The molecule has 0 aliphatic rings. The third-order valence-electron chi connectivity index (χ3n) is 3.34. The van der Waals surface area contributed by atoms with E-state index in [1.165, 1.54) is 11.1 Å². The SMILES string of the molecule is Cc1ccc(C(=O)c2ccccc2)c(C)c1C. The lowest BCUT2D eigenvalue weighted by molar-refractivity contribution is 0.103. The van der Waals surface area contributed by atoms with Gasteiger partial charge in [0.1, 0.15) is 0 Å². The third-order valence-corrected chi connectivity index (χ3v) is 3.34. The van der Waals surface area contributed by atoms with E-state index in [0.717, 1.165) is 16.7 Å². The van der Waals surface area contributed by atoms with Gasteiger partial charge >= 0.3 is 0 Å². The van der Waals surface area contributed by atoms with E-state index in [2.05, 4.69) is 13.8 Å². The lowest BCUT2D eigenvalue weighted by Gasteiger charge is -2.10. The van der Waals surface area contributed by atoms with E-state index in [9.17, 15) is 4.79 Å². The fourth-order valence-electron chi connectivity index (χ4n) is 1.95. The van der Waals surface area contributed by atoms with Crippen LogP contribution in [0.25, 0.3) is 0 Å². The van der Waals surface area contributed by atoms with Gasteiger partial charge < -0.3 is 0 Å². The van der Waals surface area contributed by atoms with E-state index in [1.54, 1.807) is 0 Å². The van der Waals surface area contributed by atoms with Gasteiger partial charge in [-0.3, -0.25) is 4.79 Å². The molecule has 86 valence electrons. The zero-order valence-corrected chi connectivity index (χ0v) is 10.4. The first-order valence-corrected chi connectivity index (χ1v) is 5.78. The molecule has 0 aliphatic heterocycles. The van der Waals surface area contributed by atoms with Gasteiger partial charge in [0.05, 0.1) is 0 Å². The van der Waals surface area contributed by atoms with Gasteiger partial charge in [0.15, 0.2) is 5.78 Å². The van der Waals surface area contributed by atoms with Crippen molar-refractivity contribution in [2.24, 2.45) is 0 Å². The van der Waals surface area contributed by atoms with Crippen molar-refractivity contribution in [1.29, 1.82) is 0 Å². The molecule has 2 rings (SSSR count). The minimum atomic E-state index is 0.103. The largest absolute Gasteiger partial charge is 0.289 e. The fraction of sp³-hybridized carbons (Fsp3) is 0.188. The van der Waals surface area contributed by atoms with Crippen LogP contribution in [0.2, 0.25) is 0 Å². The van der Waals surface area contributed by atoms with Crippen molar-refractivity contribution in [3.05, 3.63) is 70.3 Å². The van der Waals surface area contributed by atoms with Crippen LogP contribution in [0.3, 0.4) is 0 Å². The van der Waals surface area contributed by atoms with E-state index in [1.807, 2.05) is 49.4 Å². The van der Waals surface area contributed by atoms with Crippen molar-refractivity contribution in [2.75, 3.05) is 0 Å². The van der Waals surface area contributed by atoms with E-state index in [4.69, 9.17) is 0 Å². The van der Waals surface area contributed by atoms with Crippen LogP contribution in [0, 0.1) is 20.8 Å². The van der Waals surface area contributed by atoms with Crippen molar-refractivity contribution in [1.82, 2.24) is 0 Å². The van der Waals surface area contributed by atoms with Crippen LogP contribution in [0.15, 0.2) is 42.5 Å². The second kappa shape index (κ2) is 4.54. The number of carbonyl (C=O) groups is 1. The van der Waals surface area contributed by atoms with Gasteiger partial charge in [0.2, 0.25) is 0 Å². The van der Waals surface area contributed by atoms with Crippen LogP contribution in [0.5, 0.6) is 0 Å². The standard InChI is InChI=1S/C16H16O/c1-11-9-10-15(13(3)12(11)2)16(17)14-7-5-4-6-8-14/h4-10H,1-3H3. The fourth-order valence-corrected chi connectivity index (χ4v) is 1.95. The Bertz CT molecular complexity index is 553. The van der Waals surface area contributed by atoms with Gasteiger partial charge in [-0.05, 0) is 37.5 Å². The van der Waals surface area contributed by atoms with Crippen LogP contribution in [0.4, 0.5) is 0 Å². The first-order chi connectivity index (χ1) is 8.11. The minimum absolute atomic E-state index is 0.103. The van der Waals surface area contributed by atoms with Crippen LogP contribution >= 0.6 is 0 Å². The number of hydrogen-bond donors (Lipinski definition) is 0. The Hall–Kier alpha value is -1.89. The summed E-state index contributed by atoms with van der Waals surface area (Å²) in [5.74, 6) is 0.103. The van der Waals surface area contributed by atoms with Crippen molar-refractivity contribution < 1.29 is 4.79 Å². The average molecular weight is 224 g/mol. The predicted octanol–water partition coefficient (Wildman–Crippen LogP) is 3.84. The summed E-state index contributed by atoms with van der Waals surface area (Å²) in [5, 5.41) is 0. The van der Waals surface area contributed by atoms with Crippen LogP contribution < -0.4 is 0 Å². The quantitative estimate of drug-likeness (QED) is 0.708. The Morgan fingerprint density at radius 2 is 1.47 bits per heavy atom. The number of hydrogen-bond acceptors (Lipinski definition) is 1. The summed E-state index contributed by atoms with van der Waals surface area (Å²) in [6.45, 7) is 6.14. The molecule has 1 nitrogen and oxygen atoms in total. The van der Waals surface area contributed by atoms with Crippen molar-refractivity contribution in [3.63, 3.8) is 0 Å². The number of aryl methyl sites for hydroxylation is 1. The maximum Gasteiger partial charge on any atom is 0.193 e. The first kappa shape index (κ1) is 11.6. The molecule has 0 spiro atoms. The summed E-state index contributed by atoms with van der Waals surface area (Å²) < 4.78 is 0. The molecule has 2 aromatic carbocycles. The summed E-state index contributed by atoms with van der Waals surface area (Å²) in [5.41, 5.74) is 5.07. The van der Waals surface area contributed by atoms with Crippen LogP contribution in [0.1, 0.15) is 32.6 Å². The van der Waals surface area contributed by atoms with E-state index < -0.39 is 0 Å². The van der Waals surface area contributed by atoms with Crippen molar-refractivity contribution in [3.8, 4) is 0 Å². The molecule has 0 N–H and O–H groups in total. The maximum absolute atomic E-state index is 12.3. The lowest BCUT2D eigenvalue weighted by Crippen LogP contribution is -2.05. The molecule has 0 aliphatic carbocycles. The second-order valence-electron chi connectivity index (χ2n) is 4.38. The molecule has 0 saturated heterocycles. The monoisotopic (exact) mass is 224 g/mol. The van der Waals surface area contributed by atoms with E-state index in [0.29, 0.717) is 0 Å². The highest BCUT2D eigenvalue weighted by molar-refractivity contribution is 6.10. The van der Waals surface area contributed by atoms with Gasteiger partial charge in [-0.2, -0.15) is 0 Å². The van der Waals surface area contributed by atoms with Gasteiger partial charge in [-0.25, -0.2) is 0 Å². The summed E-state index contributed by atoms with van der Waals surface area (Å²) in [6, 6.07) is 13.4. The highest BCUT2D eigenvalue weighted by Gasteiger charge is 2.12. The minimum Gasteiger partial charge on any atom is -0.289 e. The normalized spacial score (nSPS) is 10.3. The molecule has 0 atom stereocenters. The molecule has 2 aromatic rings. The molecule has 0 aromatic heterocycles. The Morgan fingerprint density at radius 3 is 2.12 bits per heavy atom. The summed E-state index contributed by atoms with van der Waals surface area (Å²) in [6.07, 6.45) is 0. The van der Waals surface area contributed by atoms with Crippen molar-refractivity contribution in [2.45, 2.75) is 20.8 Å². The van der Waals surface area contributed by atoms with Crippen LogP contribution in [-0.2, 0) is 0 Å². The predicted molar refractivity (Wildman–Crippen MR) is 70.5 cm³/mol. The molecular formula is C16H16O. The van der Waals surface area contributed by atoms with Gasteiger partial charge in [0.25, 0.3) is 0 Å². The van der Waals surface area contributed by atoms with E-state index in [-0.39, 0.29) is 5.78 Å². The Balaban J connectivity index is 2.49. The number of carbonyl (C=O) groups excluding carboxylic acids is 1. The number of rotatable bonds is 2. The third kappa shape index (κ3) is 2.14.